The van der Waals surface area contributed by atoms with Gasteiger partial charge >= 0.3 is 0 Å². The number of halogens is 1. The zero-order chi connectivity index (χ0) is 17.2. The molecule has 0 fully saturated rings. The quantitative estimate of drug-likeness (QED) is 0.655. The van der Waals surface area contributed by atoms with Gasteiger partial charge in [-0.1, -0.05) is 49.7 Å². The van der Waals surface area contributed by atoms with Crippen molar-refractivity contribution < 1.29 is 4.74 Å². The van der Waals surface area contributed by atoms with Gasteiger partial charge in [0.1, 0.15) is 12.4 Å². The SMILES string of the molecule is CC1(C)c2ccc(Cl)cc2NC2C3=C(SCC21)c1ccccc1OC3. The molecule has 3 heterocycles. The summed E-state index contributed by atoms with van der Waals surface area (Å²) < 4.78 is 6.08. The summed E-state index contributed by atoms with van der Waals surface area (Å²) in [6, 6.07) is 14.9. The van der Waals surface area contributed by atoms with Gasteiger partial charge in [0.05, 0.1) is 6.04 Å². The van der Waals surface area contributed by atoms with E-state index < -0.39 is 0 Å². The molecule has 0 aliphatic carbocycles. The van der Waals surface area contributed by atoms with E-state index in [2.05, 4.69) is 49.5 Å². The van der Waals surface area contributed by atoms with Crippen molar-refractivity contribution in [3.63, 3.8) is 0 Å². The standard InChI is InChI=1S/C21H20ClNOS/c1-21(2)15-8-7-12(22)9-17(15)23-19-14-10-24-18-6-4-3-5-13(18)20(14)25-11-16(19)21/h3-9,16,19,23H,10-11H2,1-2H3. The van der Waals surface area contributed by atoms with Crippen LogP contribution >= 0.6 is 23.4 Å². The second kappa shape index (κ2) is 5.46. The third-order valence-corrected chi connectivity index (χ3v) is 7.44. The largest absolute Gasteiger partial charge is 0.488 e. The molecule has 128 valence electrons. The molecule has 4 heteroatoms. The van der Waals surface area contributed by atoms with E-state index in [1.54, 1.807) is 0 Å². The molecule has 2 nitrogen and oxygen atoms in total. The van der Waals surface area contributed by atoms with Gasteiger partial charge in [0.25, 0.3) is 0 Å². The lowest BCUT2D eigenvalue weighted by Crippen LogP contribution is -2.51. The molecule has 0 spiro atoms. The first-order valence-electron chi connectivity index (χ1n) is 8.70. The number of thioether (sulfide) groups is 1. The Morgan fingerprint density at radius 2 is 2.04 bits per heavy atom. The molecule has 0 saturated carbocycles. The summed E-state index contributed by atoms with van der Waals surface area (Å²) >= 11 is 8.26. The number of benzene rings is 2. The lowest BCUT2D eigenvalue weighted by molar-refractivity contribution is 0.282. The molecule has 2 aromatic rings. The van der Waals surface area contributed by atoms with Crippen molar-refractivity contribution >= 4 is 34.0 Å². The summed E-state index contributed by atoms with van der Waals surface area (Å²) in [5.41, 5.74) is 5.25. The van der Waals surface area contributed by atoms with Crippen molar-refractivity contribution in [1.82, 2.24) is 0 Å². The van der Waals surface area contributed by atoms with Gasteiger partial charge in [-0.3, -0.25) is 0 Å². The van der Waals surface area contributed by atoms with E-state index in [9.17, 15) is 0 Å². The Balaban J connectivity index is 1.65. The summed E-state index contributed by atoms with van der Waals surface area (Å²) in [6.45, 7) is 5.39. The third kappa shape index (κ3) is 2.25. The lowest BCUT2D eigenvalue weighted by atomic mass is 9.66. The fourth-order valence-corrected chi connectivity index (χ4v) is 6.29. The van der Waals surface area contributed by atoms with E-state index in [1.807, 2.05) is 23.9 Å². The molecule has 0 aromatic heterocycles. The van der Waals surface area contributed by atoms with Crippen molar-refractivity contribution in [2.24, 2.45) is 5.92 Å². The van der Waals surface area contributed by atoms with Crippen molar-refractivity contribution in [2.45, 2.75) is 25.3 Å². The summed E-state index contributed by atoms with van der Waals surface area (Å²) in [5, 5.41) is 4.57. The molecule has 0 amide bonds. The zero-order valence-corrected chi connectivity index (χ0v) is 15.9. The van der Waals surface area contributed by atoms with Crippen LogP contribution in [0.15, 0.2) is 48.0 Å². The molecule has 25 heavy (non-hydrogen) atoms. The van der Waals surface area contributed by atoms with Gasteiger partial charge in [-0.2, -0.15) is 0 Å². The minimum atomic E-state index is 0.0956. The van der Waals surface area contributed by atoms with E-state index in [1.165, 1.54) is 21.6 Å². The smallest absolute Gasteiger partial charge is 0.128 e. The molecule has 0 radical (unpaired) electrons. The molecule has 3 aliphatic heterocycles. The first kappa shape index (κ1) is 15.7. The Bertz CT molecular complexity index is 905. The minimum Gasteiger partial charge on any atom is -0.488 e. The number of nitrogens with one attached hydrogen (secondary N) is 1. The number of ether oxygens (including phenoxy) is 1. The van der Waals surface area contributed by atoms with Crippen LogP contribution in [0.1, 0.15) is 25.0 Å². The monoisotopic (exact) mass is 369 g/mol. The Kier molecular flexibility index (Phi) is 3.42. The lowest BCUT2D eigenvalue weighted by Gasteiger charge is -2.50. The average molecular weight is 370 g/mol. The topological polar surface area (TPSA) is 21.3 Å². The van der Waals surface area contributed by atoms with Crippen molar-refractivity contribution in [3.8, 4) is 5.75 Å². The van der Waals surface area contributed by atoms with Crippen LogP contribution in [0.25, 0.3) is 4.91 Å². The number of para-hydroxylation sites is 1. The molecule has 2 unspecified atom stereocenters. The highest BCUT2D eigenvalue weighted by molar-refractivity contribution is 8.08. The van der Waals surface area contributed by atoms with Gasteiger partial charge in [0, 0.05) is 38.4 Å². The maximum atomic E-state index is 6.27. The minimum absolute atomic E-state index is 0.0956. The van der Waals surface area contributed by atoms with Gasteiger partial charge in [0.2, 0.25) is 0 Å². The predicted octanol–water partition coefficient (Wildman–Crippen LogP) is 5.58. The zero-order valence-electron chi connectivity index (χ0n) is 14.3. The first-order valence-corrected chi connectivity index (χ1v) is 10.1. The fourth-order valence-electron chi connectivity index (χ4n) is 4.47. The van der Waals surface area contributed by atoms with E-state index >= 15 is 0 Å². The van der Waals surface area contributed by atoms with Gasteiger partial charge in [0.15, 0.2) is 0 Å². The van der Waals surface area contributed by atoms with Crippen molar-refractivity contribution in [3.05, 3.63) is 64.2 Å². The van der Waals surface area contributed by atoms with Crippen LogP contribution in [0.4, 0.5) is 5.69 Å². The van der Waals surface area contributed by atoms with Crippen LogP contribution < -0.4 is 10.1 Å². The summed E-state index contributed by atoms with van der Waals surface area (Å²) in [7, 11) is 0. The van der Waals surface area contributed by atoms with Crippen LogP contribution in [0, 0.1) is 5.92 Å². The van der Waals surface area contributed by atoms with Gasteiger partial charge in [-0.25, -0.2) is 0 Å². The number of anilines is 1. The number of hydrogen-bond donors (Lipinski definition) is 1. The maximum Gasteiger partial charge on any atom is 0.128 e. The number of hydrogen-bond acceptors (Lipinski definition) is 3. The molecule has 3 aliphatic rings. The summed E-state index contributed by atoms with van der Waals surface area (Å²) in [4.78, 5) is 1.40. The molecule has 0 saturated heterocycles. The summed E-state index contributed by atoms with van der Waals surface area (Å²) in [5.74, 6) is 2.64. The van der Waals surface area contributed by atoms with Crippen LogP contribution in [0.3, 0.4) is 0 Å². The summed E-state index contributed by atoms with van der Waals surface area (Å²) in [6.07, 6.45) is 0. The van der Waals surface area contributed by atoms with E-state index in [-0.39, 0.29) is 5.41 Å². The molecule has 5 rings (SSSR count). The molecule has 0 bridgehead atoms. The van der Waals surface area contributed by atoms with Gasteiger partial charge in [-0.05, 0) is 29.2 Å². The molecule has 2 aromatic carbocycles. The number of rotatable bonds is 0. The highest BCUT2D eigenvalue weighted by Gasteiger charge is 2.47. The third-order valence-electron chi connectivity index (χ3n) is 5.91. The molecular formula is C21H20ClNOS. The number of fused-ring (bicyclic) bond motifs is 5. The van der Waals surface area contributed by atoms with Crippen LogP contribution in [0.5, 0.6) is 5.75 Å². The highest BCUT2D eigenvalue weighted by atomic mass is 35.5. The average Bonchev–Trinajstić information content (AvgIpc) is 2.61. The van der Waals surface area contributed by atoms with Crippen LogP contribution in [0.2, 0.25) is 5.02 Å². The van der Waals surface area contributed by atoms with Crippen molar-refractivity contribution in [1.29, 1.82) is 0 Å². The van der Waals surface area contributed by atoms with E-state index in [0.29, 0.717) is 18.6 Å². The first-order chi connectivity index (χ1) is 12.1. The molecule has 1 N–H and O–H groups in total. The molecular weight excluding hydrogens is 350 g/mol. The predicted molar refractivity (Wildman–Crippen MR) is 107 cm³/mol. The Morgan fingerprint density at radius 1 is 1.20 bits per heavy atom. The van der Waals surface area contributed by atoms with Gasteiger partial charge < -0.3 is 10.1 Å². The van der Waals surface area contributed by atoms with Gasteiger partial charge in [-0.15, -0.1) is 11.8 Å². The highest BCUT2D eigenvalue weighted by Crippen LogP contribution is 2.54. The van der Waals surface area contributed by atoms with E-state index in [4.69, 9.17) is 16.3 Å². The maximum absolute atomic E-state index is 6.27. The normalized spacial score (nSPS) is 25.7. The Hall–Kier alpha value is -1.58. The molecule has 2 atom stereocenters. The fraction of sp³-hybridized carbons (Fsp3) is 0.333. The van der Waals surface area contributed by atoms with Crippen LogP contribution in [-0.2, 0) is 5.41 Å². The second-order valence-electron chi connectivity index (χ2n) is 7.59. The Morgan fingerprint density at radius 3 is 2.92 bits per heavy atom. The van der Waals surface area contributed by atoms with Crippen molar-refractivity contribution in [2.75, 3.05) is 17.7 Å². The van der Waals surface area contributed by atoms with E-state index in [0.717, 1.165) is 22.2 Å². The second-order valence-corrected chi connectivity index (χ2v) is 9.06. The van der Waals surface area contributed by atoms with Crippen LogP contribution in [-0.4, -0.2) is 18.4 Å². The Labute approximate surface area is 157 Å².